The summed E-state index contributed by atoms with van der Waals surface area (Å²) in [6, 6.07) is 0. The lowest BCUT2D eigenvalue weighted by Gasteiger charge is -2.07. The van der Waals surface area contributed by atoms with Crippen molar-refractivity contribution in [2.45, 2.75) is 12.6 Å². The average molecular weight is 213 g/mol. The summed E-state index contributed by atoms with van der Waals surface area (Å²) in [5.41, 5.74) is 4.79. The van der Waals surface area contributed by atoms with Crippen LogP contribution >= 0.6 is 0 Å². The van der Waals surface area contributed by atoms with E-state index in [1.165, 1.54) is 17.3 Å². The number of carbonyl (C=O) groups is 2. The van der Waals surface area contributed by atoms with Gasteiger partial charge in [-0.2, -0.15) is 5.10 Å². The van der Waals surface area contributed by atoms with Gasteiger partial charge >= 0.3 is 0 Å². The number of hydrogen-bond acceptors (Lipinski definition) is 5. The van der Waals surface area contributed by atoms with Gasteiger partial charge in [-0.1, -0.05) is 0 Å². The van der Waals surface area contributed by atoms with E-state index < -0.39 is 12.0 Å². The van der Waals surface area contributed by atoms with Crippen molar-refractivity contribution in [1.29, 1.82) is 0 Å². The Morgan fingerprint density at radius 3 is 2.87 bits per heavy atom. The molecule has 1 atom stereocenters. The average Bonchev–Trinajstić information content (AvgIpc) is 2.66. The number of hydrogen-bond donors (Lipinski definition) is 3. The number of nitrogens with one attached hydrogen (secondary N) is 1. The van der Waals surface area contributed by atoms with Gasteiger partial charge in [0.15, 0.2) is 0 Å². The molecule has 0 aromatic carbocycles. The first-order chi connectivity index (χ1) is 7.09. The van der Waals surface area contributed by atoms with Gasteiger partial charge in [0.05, 0.1) is 6.54 Å². The van der Waals surface area contributed by atoms with E-state index in [4.69, 9.17) is 10.8 Å². The number of nitrogens with two attached hydrogens (primary N) is 1. The Labute approximate surface area is 85.1 Å². The number of nitrogens with zero attached hydrogens (tertiary/aromatic N) is 3. The van der Waals surface area contributed by atoms with Crippen LogP contribution in [0.5, 0.6) is 0 Å². The molecule has 1 aromatic rings. The minimum absolute atomic E-state index is 0.0223. The first-order valence-corrected chi connectivity index (χ1v) is 4.16. The molecule has 0 spiro atoms. The zero-order valence-corrected chi connectivity index (χ0v) is 7.83. The summed E-state index contributed by atoms with van der Waals surface area (Å²) < 4.78 is 1.31. The lowest BCUT2D eigenvalue weighted by molar-refractivity contribution is -0.127. The highest BCUT2D eigenvalue weighted by Crippen LogP contribution is 1.82. The Morgan fingerprint density at radius 2 is 2.33 bits per heavy atom. The topological polar surface area (TPSA) is 123 Å². The molecule has 1 rings (SSSR count). The van der Waals surface area contributed by atoms with Crippen LogP contribution in [0.3, 0.4) is 0 Å². The van der Waals surface area contributed by atoms with Gasteiger partial charge < -0.3 is 16.2 Å². The second kappa shape index (κ2) is 5.05. The molecule has 0 aliphatic rings. The van der Waals surface area contributed by atoms with E-state index in [2.05, 4.69) is 15.4 Å². The fraction of sp³-hybridized carbons (Fsp3) is 0.429. The summed E-state index contributed by atoms with van der Waals surface area (Å²) in [6.07, 6.45) is 1.31. The molecule has 1 unspecified atom stereocenters. The summed E-state index contributed by atoms with van der Waals surface area (Å²) in [5, 5.41) is 15.0. The number of aliphatic hydroxyl groups excluding tert-OH is 1. The zero-order chi connectivity index (χ0) is 11.3. The van der Waals surface area contributed by atoms with Gasteiger partial charge in [0.25, 0.3) is 0 Å². The monoisotopic (exact) mass is 213 g/mol. The van der Waals surface area contributed by atoms with Crippen molar-refractivity contribution in [3.8, 4) is 0 Å². The van der Waals surface area contributed by atoms with Crippen molar-refractivity contribution < 1.29 is 14.7 Å². The van der Waals surface area contributed by atoms with Gasteiger partial charge in [-0.15, -0.1) is 0 Å². The Bertz CT molecular complexity index is 336. The van der Waals surface area contributed by atoms with Gasteiger partial charge in [-0.05, 0) is 0 Å². The fourth-order valence-corrected chi connectivity index (χ4v) is 0.829. The number of aromatic nitrogens is 3. The van der Waals surface area contributed by atoms with Crippen molar-refractivity contribution in [3.05, 3.63) is 12.7 Å². The molecular weight excluding hydrogens is 202 g/mol. The minimum atomic E-state index is -1.37. The summed E-state index contributed by atoms with van der Waals surface area (Å²) in [6.45, 7) is -0.228. The van der Waals surface area contributed by atoms with E-state index in [1.807, 2.05) is 0 Å². The lowest BCUT2D eigenvalue weighted by atomic mass is 10.3. The Hall–Kier alpha value is -1.96. The first-order valence-electron chi connectivity index (χ1n) is 4.16. The van der Waals surface area contributed by atoms with Crippen LogP contribution in [0, 0.1) is 0 Å². The third-order valence-electron chi connectivity index (χ3n) is 1.59. The normalized spacial score (nSPS) is 12.1. The van der Waals surface area contributed by atoms with Crippen molar-refractivity contribution in [3.63, 3.8) is 0 Å². The largest absolute Gasteiger partial charge is 0.381 e. The highest BCUT2D eigenvalue weighted by atomic mass is 16.3. The molecule has 0 aliphatic heterocycles. The molecule has 1 aromatic heterocycles. The van der Waals surface area contributed by atoms with Crippen molar-refractivity contribution in [2.24, 2.45) is 5.73 Å². The number of aliphatic hydroxyl groups is 1. The highest BCUT2D eigenvalue weighted by molar-refractivity contribution is 5.80. The molecule has 0 aliphatic carbocycles. The summed E-state index contributed by atoms with van der Waals surface area (Å²) >= 11 is 0. The maximum absolute atomic E-state index is 11.2. The van der Waals surface area contributed by atoms with Crippen LogP contribution in [-0.4, -0.2) is 44.3 Å². The summed E-state index contributed by atoms with van der Waals surface area (Å²) in [5.74, 6) is -1.27. The van der Waals surface area contributed by atoms with Gasteiger partial charge in [-0.3, -0.25) is 9.59 Å². The molecule has 0 fully saturated rings. The van der Waals surface area contributed by atoms with Crippen LogP contribution in [0.4, 0.5) is 0 Å². The quantitative estimate of drug-likeness (QED) is 0.489. The standard InChI is InChI=1S/C7H11N5O3/c8-7(15)5(13)1-10-6(14)2-12-4-9-3-11-12/h3-5,13H,1-2H2,(H2,8,15)(H,10,14). The van der Waals surface area contributed by atoms with Crippen molar-refractivity contribution >= 4 is 11.8 Å². The predicted molar refractivity (Wildman–Crippen MR) is 48.2 cm³/mol. The molecule has 2 amide bonds. The van der Waals surface area contributed by atoms with E-state index in [1.54, 1.807) is 0 Å². The third kappa shape index (κ3) is 3.73. The Morgan fingerprint density at radius 1 is 1.60 bits per heavy atom. The van der Waals surface area contributed by atoms with Crippen LogP contribution in [0.25, 0.3) is 0 Å². The predicted octanol–water partition coefficient (Wildman–Crippen LogP) is -2.76. The van der Waals surface area contributed by atoms with Gasteiger partial charge in [-0.25, -0.2) is 9.67 Å². The van der Waals surface area contributed by atoms with E-state index in [0.29, 0.717) is 0 Å². The second-order valence-electron chi connectivity index (χ2n) is 2.82. The fourth-order valence-electron chi connectivity index (χ4n) is 0.829. The van der Waals surface area contributed by atoms with E-state index in [0.717, 1.165) is 0 Å². The first kappa shape index (κ1) is 11.1. The number of rotatable bonds is 5. The van der Waals surface area contributed by atoms with Crippen LogP contribution < -0.4 is 11.1 Å². The third-order valence-corrected chi connectivity index (χ3v) is 1.59. The molecule has 1 heterocycles. The molecule has 0 saturated heterocycles. The summed E-state index contributed by atoms with van der Waals surface area (Å²) in [7, 11) is 0. The molecule has 0 saturated carbocycles. The molecule has 8 nitrogen and oxygen atoms in total. The molecule has 82 valence electrons. The molecular formula is C7H11N5O3. The maximum atomic E-state index is 11.2. The van der Waals surface area contributed by atoms with E-state index >= 15 is 0 Å². The lowest BCUT2D eigenvalue weighted by Crippen LogP contribution is -2.41. The number of amides is 2. The van der Waals surface area contributed by atoms with E-state index in [-0.39, 0.29) is 19.0 Å². The van der Waals surface area contributed by atoms with Gasteiger partial charge in [0.2, 0.25) is 11.8 Å². The summed E-state index contributed by atoms with van der Waals surface area (Å²) in [4.78, 5) is 25.2. The van der Waals surface area contributed by atoms with Gasteiger partial charge in [0, 0.05) is 0 Å². The second-order valence-corrected chi connectivity index (χ2v) is 2.82. The van der Waals surface area contributed by atoms with E-state index in [9.17, 15) is 9.59 Å². The molecule has 15 heavy (non-hydrogen) atoms. The molecule has 8 heteroatoms. The number of primary amides is 1. The van der Waals surface area contributed by atoms with Crippen molar-refractivity contribution in [1.82, 2.24) is 20.1 Å². The van der Waals surface area contributed by atoms with Gasteiger partial charge in [0.1, 0.15) is 25.3 Å². The Kier molecular flexibility index (Phi) is 3.75. The van der Waals surface area contributed by atoms with Crippen LogP contribution in [0.1, 0.15) is 0 Å². The highest BCUT2D eigenvalue weighted by Gasteiger charge is 2.12. The van der Waals surface area contributed by atoms with Crippen LogP contribution in [0.15, 0.2) is 12.7 Å². The minimum Gasteiger partial charge on any atom is -0.381 e. The molecule has 0 bridgehead atoms. The SMILES string of the molecule is NC(=O)C(O)CNC(=O)Cn1cncn1. The van der Waals surface area contributed by atoms with Crippen LogP contribution in [0.2, 0.25) is 0 Å². The van der Waals surface area contributed by atoms with Crippen molar-refractivity contribution in [2.75, 3.05) is 6.54 Å². The Balaban J connectivity index is 2.28. The molecule has 4 N–H and O–H groups in total. The maximum Gasteiger partial charge on any atom is 0.248 e. The van der Waals surface area contributed by atoms with Crippen LogP contribution in [-0.2, 0) is 16.1 Å². The zero-order valence-electron chi connectivity index (χ0n) is 7.83. The molecule has 0 radical (unpaired) electrons. The number of carbonyl (C=O) groups excluding carboxylic acids is 2. The smallest absolute Gasteiger partial charge is 0.248 e.